The van der Waals surface area contributed by atoms with Gasteiger partial charge in [0.05, 0.1) is 0 Å². The van der Waals surface area contributed by atoms with E-state index in [2.05, 4.69) is 13.0 Å². The Morgan fingerprint density at radius 3 is 2.15 bits per heavy atom. The quantitative estimate of drug-likeness (QED) is 0.696. The molecule has 0 bridgehead atoms. The summed E-state index contributed by atoms with van der Waals surface area (Å²) in [6.07, 6.45) is 1.72. The van der Waals surface area contributed by atoms with Crippen molar-refractivity contribution in [3.05, 3.63) is 68.7 Å². The molecule has 0 N–H and O–H groups in total. The van der Waals surface area contributed by atoms with Crippen LogP contribution in [0.1, 0.15) is 40.9 Å². The molecule has 0 heterocycles. The summed E-state index contributed by atoms with van der Waals surface area (Å²) in [4.78, 5) is 12.7. The Hall–Kier alpha value is -1.31. The summed E-state index contributed by atoms with van der Waals surface area (Å²) in [5.41, 5.74) is 3.47. The molecule has 2 aromatic carbocycles. The Bertz CT molecular complexity index is 627. The number of benzene rings is 2. The molecule has 1 nitrogen and oxygen atoms in total. The second-order valence-corrected chi connectivity index (χ2v) is 5.56. The highest BCUT2D eigenvalue weighted by Gasteiger charge is 2.14. The van der Waals surface area contributed by atoms with Crippen LogP contribution in [0.5, 0.6) is 0 Å². The Morgan fingerprint density at radius 1 is 0.950 bits per heavy atom. The molecule has 20 heavy (non-hydrogen) atoms. The predicted molar refractivity (Wildman–Crippen MR) is 85.1 cm³/mol. The van der Waals surface area contributed by atoms with E-state index in [1.807, 2.05) is 19.1 Å². The van der Waals surface area contributed by atoms with Crippen LogP contribution in [0.2, 0.25) is 10.0 Å². The Morgan fingerprint density at radius 2 is 1.60 bits per heavy atom. The molecule has 0 amide bonds. The molecule has 2 aromatic rings. The topological polar surface area (TPSA) is 17.1 Å². The van der Waals surface area contributed by atoms with Gasteiger partial charge in [-0.25, -0.2) is 0 Å². The van der Waals surface area contributed by atoms with Gasteiger partial charge in [-0.1, -0.05) is 49.2 Å². The fourth-order valence-electron chi connectivity index (χ4n) is 2.20. The van der Waals surface area contributed by atoms with E-state index in [-0.39, 0.29) is 5.78 Å². The lowest BCUT2D eigenvalue weighted by Crippen LogP contribution is -2.06. The number of rotatable bonds is 4. The summed E-state index contributed by atoms with van der Waals surface area (Å²) >= 11 is 12.0. The number of ketones is 1. The largest absolute Gasteiger partial charge is 0.289 e. The average Bonchev–Trinajstić information content (AvgIpc) is 2.44. The summed E-state index contributed by atoms with van der Waals surface area (Å²) in [5, 5.41) is 0.955. The normalized spacial score (nSPS) is 10.6. The molecule has 0 aliphatic heterocycles. The zero-order chi connectivity index (χ0) is 14.7. The van der Waals surface area contributed by atoms with Crippen LogP contribution in [0.25, 0.3) is 0 Å². The lowest BCUT2D eigenvalue weighted by atomic mass is 9.94. The molecule has 0 saturated heterocycles. The highest BCUT2D eigenvalue weighted by molar-refractivity contribution is 6.35. The van der Waals surface area contributed by atoms with Crippen LogP contribution in [-0.2, 0) is 12.8 Å². The molecule has 0 unspecified atom stereocenters. The number of hydrogen-bond acceptors (Lipinski definition) is 1. The second-order valence-electron chi connectivity index (χ2n) is 4.69. The molecule has 0 fully saturated rings. The smallest absolute Gasteiger partial charge is 0.193 e. The minimum absolute atomic E-state index is 0.0263. The van der Waals surface area contributed by atoms with E-state index in [0.29, 0.717) is 15.6 Å². The van der Waals surface area contributed by atoms with Crippen molar-refractivity contribution in [2.75, 3.05) is 0 Å². The molecule has 0 spiro atoms. The van der Waals surface area contributed by atoms with Crippen molar-refractivity contribution in [1.29, 1.82) is 0 Å². The van der Waals surface area contributed by atoms with Gasteiger partial charge in [-0.2, -0.15) is 0 Å². The van der Waals surface area contributed by atoms with Gasteiger partial charge >= 0.3 is 0 Å². The first-order valence-corrected chi connectivity index (χ1v) is 7.43. The molecule has 3 heteroatoms. The number of carbonyl (C=O) groups is 1. The maximum absolute atomic E-state index is 12.7. The van der Waals surface area contributed by atoms with Gasteiger partial charge in [0.25, 0.3) is 0 Å². The fourth-order valence-corrected chi connectivity index (χ4v) is 2.73. The van der Waals surface area contributed by atoms with Crippen LogP contribution < -0.4 is 0 Å². The monoisotopic (exact) mass is 306 g/mol. The van der Waals surface area contributed by atoms with E-state index in [0.717, 1.165) is 29.5 Å². The Balaban J connectivity index is 2.51. The summed E-state index contributed by atoms with van der Waals surface area (Å²) in [7, 11) is 0. The Kier molecular flexibility index (Phi) is 4.85. The van der Waals surface area contributed by atoms with Gasteiger partial charge in [-0.15, -0.1) is 0 Å². The first kappa shape index (κ1) is 15.1. The van der Waals surface area contributed by atoms with Crippen LogP contribution in [0.15, 0.2) is 36.4 Å². The third-order valence-corrected chi connectivity index (χ3v) is 3.77. The molecule has 0 saturated carbocycles. The lowest BCUT2D eigenvalue weighted by Gasteiger charge is -2.10. The van der Waals surface area contributed by atoms with E-state index in [1.54, 1.807) is 18.2 Å². The number of aryl methyl sites for hydroxylation is 2. The molecular weight excluding hydrogens is 291 g/mol. The van der Waals surface area contributed by atoms with Gasteiger partial charge in [0.15, 0.2) is 5.78 Å². The van der Waals surface area contributed by atoms with E-state index in [4.69, 9.17) is 23.2 Å². The Labute approximate surface area is 129 Å². The lowest BCUT2D eigenvalue weighted by molar-refractivity contribution is 0.103. The van der Waals surface area contributed by atoms with Gasteiger partial charge in [0.2, 0.25) is 0 Å². The van der Waals surface area contributed by atoms with Gasteiger partial charge in [-0.05, 0) is 48.2 Å². The third-order valence-electron chi connectivity index (χ3n) is 3.33. The predicted octanol–water partition coefficient (Wildman–Crippen LogP) is 5.35. The van der Waals surface area contributed by atoms with Crippen molar-refractivity contribution in [3.8, 4) is 0 Å². The molecule has 104 valence electrons. The maximum atomic E-state index is 12.7. The van der Waals surface area contributed by atoms with Gasteiger partial charge in [0, 0.05) is 21.2 Å². The second kappa shape index (κ2) is 6.43. The van der Waals surface area contributed by atoms with Crippen molar-refractivity contribution >= 4 is 29.0 Å². The van der Waals surface area contributed by atoms with Crippen LogP contribution in [0.4, 0.5) is 0 Å². The summed E-state index contributed by atoms with van der Waals surface area (Å²) in [6.45, 7) is 4.12. The van der Waals surface area contributed by atoms with E-state index >= 15 is 0 Å². The van der Waals surface area contributed by atoms with Crippen LogP contribution in [0, 0.1) is 0 Å². The van der Waals surface area contributed by atoms with Crippen molar-refractivity contribution in [1.82, 2.24) is 0 Å². The SMILES string of the molecule is CCc1ccc(CC)c(C(=O)c2cc(Cl)cc(Cl)c2)c1. The van der Waals surface area contributed by atoms with E-state index in [9.17, 15) is 4.79 Å². The number of hydrogen-bond donors (Lipinski definition) is 0. The van der Waals surface area contributed by atoms with Gasteiger partial charge in [0.1, 0.15) is 0 Å². The van der Waals surface area contributed by atoms with Crippen LogP contribution in [0.3, 0.4) is 0 Å². The molecule has 2 rings (SSSR count). The maximum Gasteiger partial charge on any atom is 0.193 e. The van der Waals surface area contributed by atoms with Crippen LogP contribution in [-0.4, -0.2) is 5.78 Å². The first-order valence-electron chi connectivity index (χ1n) is 6.67. The number of carbonyl (C=O) groups excluding carboxylic acids is 1. The molecular formula is C17H16Cl2O. The number of halogens is 2. The van der Waals surface area contributed by atoms with Crippen molar-refractivity contribution in [2.45, 2.75) is 26.7 Å². The summed E-state index contributed by atoms with van der Waals surface area (Å²) < 4.78 is 0. The molecule has 0 aliphatic carbocycles. The zero-order valence-corrected chi connectivity index (χ0v) is 13.1. The van der Waals surface area contributed by atoms with Crippen molar-refractivity contribution < 1.29 is 4.79 Å². The molecule has 0 radical (unpaired) electrons. The molecule has 0 aromatic heterocycles. The average molecular weight is 307 g/mol. The van der Waals surface area contributed by atoms with Gasteiger partial charge in [-0.3, -0.25) is 4.79 Å². The summed E-state index contributed by atoms with van der Waals surface area (Å²) in [5.74, 6) is -0.0263. The zero-order valence-electron chi connectivity index (χ0n) is 11.5. The van der Waals surface area contributed by atoms with Crippen molar-refractivity contribution in [3.63, 3.8) is 0 Å². The summed E-state index contributed by atoms with van der Waals surface area (Å²) in [6, 6.07) is 11.0. The van der Waals surface area contributed by atoms with Crippen LogP contribution >= 0.6 is 23.2 Å². The first-order chi connectivity index (χ1) is 9.55. The highest BCUT2D eigenvalue weighted by Crippen LogP contribution is 2.23. The highest BCUT2D eigenvalue weighted by atomic mass is 35.5. The fraction of sp³-hybridized carbons (Fsp3) is 0.235. The minimum atomic E-state index is -0.0263. The standard InChI is InChI=1S/C17H16Cl2O/c1-3-11-5-6-12(4-2)16(7-11)17(20)13-8-14(18)10-15(19)9-13/h5-10H,3-4H2,1-2H3. The van der Waals surface area contributed by atoms with E-state index < -0.39 is 0 Å². The molecule has 0 atom stereocenters. The molecule has 0 aliphatic rings. The van der Waals surface area contributed by atoms with Gasteiger partial charge < -0.3 is 0 Å². The minimum Gasteiger partial charge on any atom is -0.289 e. The van der Waals surface area contributed by atoms with E-state index in [1.165, 1.54) is 0 Å². The van der Waals surface area contributed by atoms with Crippen molar-refractivity contribution in [2.24, 2.45) is 0 Å². The third kappa shape index (κ3) is 3.23.